The van der Waals surface area contributed by atoms with Crippen molar-refractivity contribution in [1.29, 1.82) is 0 Å². The van der Waals surface area contributed by atoms with E-state index in [9.17, 15) is 9.59 Å². The molecule has 3 aromatic carbocycles. The number of amides is 2. The Morgan fingerprint density at radius 1 is 0.788 bits per heavy atom. The van der Waals surface area contributed by atoms with Gasteiger partial charge in [0.2, 0.25) is 0 Å². The number of nitrogens with zero attached hydrogens (tertiary/aromatic N) is 1. The highest BCUT2D eigenvalue weighted by molar-refractivity contribution is 6.46. The molecule has 0 aromatic heterocycles. The lowest BCUT2D eigenvalue weighted by Crippen LogP contribution is -2.32. The van der Waals surface area contributed by atoms with Crippen molar-refractivity contribution in [3.8, 4) is 11.5 Å². The summed E-state index contributed by atoms with van der Waals surface area (Å²) in [5.41, 5.74) is 3.56. The Balaban J connectivity index is 1.77. The molecule has 0 fully saturated rings. The third-order valence-corrected chi connectivity index (χ3v) is 5.62. The molecule has 0 atom stereocenters. The third kappa shape index (κ3) is 4.20. The molecule has 0 unspecified atom stereocenters. The van der Waals surface area contributed by atoms with E-state index in [0.717, 1.165) is 10.6 Å². The van der Waals surface area contributed by atoms with Gasteiger partial charge in [-0.3, -0.25) is 9.59 Å². The van der Waals surface area contributed by atoms with Gasteiger partial charge in [-0.25, -0.2) is 4.90 Å². The van der Waals surface area contributed by atoms with E-state index >= 15 is 0 Å². The second kappa shape index (κ2) is 9.20. The number of hydrogen-bond acceptors (Lipinski definition) is 5. The minimum Gasteiger partial charge on any atom is -0.493 e. The monoisotopic (exact) mass is 442 g/mol. The fourth-order valence-electron chi connectivity index (χ4n) is 3.81. The molecule has 1 heterocycles. The van der Waals surface area contributed by atoms with Crippen molar-refractivity contribution in [1.82, 2.24) is 0 Å². The van der Waals surface area contributed by atoms with E-state index in [4.69, 9.17) is 9.47 Å². The average molecular weight is 443 g/mol. The van der Waals surface area contributed by atoms with E-state index in [1.165, 1.54) is 19.8 Å². The van der Waals surface area contributed by atoms with E-state index < -0.39 is 11.8 Å². The van der Waals surface area contributed by atoms with E-state index in [1.807, 2.05) is 54.6 Å². The van der Waals surface area contributed by atoms with Crippen LogP contribution < -0.4 is 19.7 Å². The Labute approximate surface area is 193 Å². The Morgan fingerprint density at radius 2 is 1.45 bits per heavy atom. The number of anilines is 2. The largest absolute Gasteiger partial charge is 0.493 e. The van der Waals surface area contributed by atoms with Crippen molar-refractivity contribution in [3.63, 3.8) is 0 Å². The molecule has 6 heteroatoms. The molecule has 33 heavy (non-hydrogen) atoms. The summed E-state index contributed by atoms with van der Waals surface area (Å²) in [6.45, 7) is 4.25. The number of methoxy groups -OCH3 is 2. The fraction of sp³-hybridized carbons (Fsp3) is 0.185. The van der Waals surface area contributed by atoms with E-state index in [0.29, 0.717) is 34.2 Å². The first-order chi connectivity index (χ1) is 15.9. The average Bonchev–Trinajstić information content (AvgIpc) is 3.08. The number of benzene rings is 3. The number of imide groups is 1. The van der Waals surface area contributed by atoms with Gasteiger partial charge in [-0.15, -0.1) is 0 Å². The highest BCUT2D eigenvalue weighted by Gasteiger charge is 2.40. The lowest BCUT2D eigenvalue weighted by molar-refractivity contribution is -0.120. The summed E-state index contributed by atoms with van der Waals surface area (Å²) in [4.78, 5) is 28.3. The molecule has 168 valence electrons. The van der Waals surface area contributed by atoms with Gasteiger partial charge in [-0.2, -0.15) is 0 Å². The van der Waals surface area contributed by atoms with E-state index in [1.54, 1.807) is 18.2 Å². The second-order valence-corrected chi connectivity index (χ2v) is 8.00. The van der Waals surface area contributed by atoms with Gasteiger partial charge in [0.25, 0.3) is 11.8 Å². The van der Waals surface area contributed by atoms with Crippen LogP contribution in [-0.2, 0) is 9.59 Å². The van der Waals surface area contributed by atoms with Crippen LogP contribution in [0.15, 0.2) is 78.5 Å². The van der Waals surface area contributed by atoms with Crippen molar-refractivity contribution in [2.75, 3.05) is 24.4 Å². The zero-order valence-corrected chi connectivity index (χ0v) is 19.1. The Kier molecular flexibility index (Phi) is 6.18. The van der Waals surface area contributed by atoms with Crippen LogP contribution in [0.5, 0.6) is 11.5 Å². The molecular formula is C27H26N2O4. The molecule has 3 aromatic rings. The molecule has 0 saturated heterocycles. The van der Waals surface area contributed by atoms with Crippen LogP contribution in [0.3, 0.4) is 0 Å². The van der Waals surface area contributed by atoms with Crippen molar-refractivity contribution >= 4 is 28.8 Å². The number of hydrogen-bond donors (Lipinski definition) is 1. The molecule has 1 aliphatic heterocycles. The summed E-state index contributed by atoms with van der Waals surface area (Å²) in [7, 11) is 3.04. The lowest BCUT2D eigenvalue weighted by Gasteiger charge is -2.17. The van der Waals surface area contributed by atoms with E-state index in [2.05, 4.69) is 19.2 Å². The van der Waals surface area contributed by atoms with Crippen LogP contribution >= 0.6 is 0 Å². The van der Waals surface area contributed by atoms with Crippen molar-refractivity contribution in [3.05, 3.63) is 89.6 Å². The third-order valence-electron chi connectivity index (χ3n) is 5.62. The van der Waals surface area contributed by atoms with Gasteiger partial charge in [0.15, 0.2) is 11.5 Å². The SMILES string of the molecule is COc1ccc(N2C(=O)C(Nc3ccc(C(C)C)cc3)=C(c3ccccc3)C2=O)cc1OC. The minimum atomic E-state index is -0.431. The summed E-state index contributed by atoms with van der Waals surface area (Å²) >= 11 is 0. The van der Waals surface area contributed by atoms with Crippen molar-refractivity contribution < 1.29 is 19.1 Å². The molecule has 0 spiro atoms. The molecule has 0 saturated carbocycles. The molecule has 1 aliphatic rings. The smallest absolute Gasteiger partial charge is 0.282 e. The predicted octanol–water partition coefficient (Wildman–Crippen LogP) is 5.22. The van der Waals surface area contributed by atoms with Crippen LogP contribution in [-0.4, -0.2) is 26.0 Å². The zero-order valence-electron chi connectivity index (χ0n) is 19.1. The first-order valence-corrected chi connectivity index (χ1v) is 10.7. The molecular weight excluding hydrogens is 416 g/mol. The molecule has 0 aliphatic carbocycles. The number of carbonyl (C=O) groups is 2. The molecule has 0 bridgehead atoms. The van der Waals surface area contributed by atoms with Crippen LogP contribution in [0, 0.1) is 0 Å². The minimum absolute atomic E-state index is 0.235. The number of carbonyl (C=O) groups excluding carboxylic acids is 2. The summed E-state index contributed by atoms with van der Waals surface area (Å²) < 4.78 is 10.7. The highest BCUT2D eigenvalue weighted by Crippen LogP contribution is 2.37. The molecule has 0 radical (unpaired) electrons. The first-order valence-electron chi connectivity index (χ1n) is 10.7. The molecule has 6 nitrogen and oxygen atoms in total. The quantitative estimate of drug-likeness (QED) is 0.508. The van der Waals surface area contributed by atoms with Gasteiger partial charge in [-0.05, 0) is 41.3 Å². The Morgan fingerprint density at radius 3 is 2.06 bits per heavy atom. The standard InChI is InChI=1S/C27H26N2O4/c1-17(2)18-10-12-20(13-11-18)28-25-24(19-8-6-5-7-9-19)26(30)29(27(25)31)21-14-15-22(32-3)23(16-21)33-4/h5-17,28H,1-4H3. The van der Waals surface area contributed by atoms with Crippen LogP contribution in [0.2, 0.25) is 0 Å². The van der Waals surface area contributed by atoms with Crippen LogP contribution in [0.1, 0.15) is 30.9 Å². The maximum Gasteiger partial charge on any atom is 0.282 e. The van der Waals surface area contributed by atoms with E-state index in [-0.39, 0.29) is 5.70 Å². The van der Waals surface area contributed by atoms with Crippen LogP contribution in [0.25, 0.3) is 5.57 Å². The second-order valence-electron chi connectivity index (χ2n) is 8.00. The lowest BCUT2D eigenvalue weighted by atomic mass is 10.0. The molecule has 2 amide bonds. The summed E-state index contributed by atoms with van der Waals surface area (Å²) in [6.07, 6.45) is 0. The predicted molar refractivity (Wildman–Crippen MR) is 130 cm³/mol. The first kappa shape index (κ1) is 22.1. The molecule has 1 N–H and O–H groups in total. The van der Waals surface area contributed by atoms with Crippen LogP contribution in [0.4, 0.5) is 11.4 Å². The maximum atomic E-state index is 13.6. The number of nitrogens with one attached hydrogen (secondary N) is 1. The van der Waals surface area contributed by atoms with Gasteiger partial charge >= 0.3 is 0 Å². The molecule has 4 rings (SSSR count). The normalized spacial score (nSPS) is 13.7. The zero-order chi connectivity index (χ0) is 23.5. The van der Waals surface area contributed by atoms with Gasteiger partial charge in [0, 0.05) is 11.8 Å². The number of ether oxygens (including phenoxy) is 2. The summed E-state index contributed by atoms with van der Waals surface area (Å²) in [5.74, 6) is 0.509. The topological polar surface area (TPSA) is 67.9 Å². The Bertz CT molecular complexity index is 1210. The van der Waals surface area contributed by atoms with Gasteiger partial charge in [0.1, 0.15) is 5.70 Å². The van der Waals surface area contributed by atoms with Crippen molar-refractivity contribution in [2.24, 2.45) is 0 Å². The summed E-state index contributed by atoms with van der Waals surface area (Å²) in [6, 6.07) is 22.0. The van der Waals surface area contributed by atoms with Crippen molar-refractivity contribution in [2.45, 2.75) is 19.8 Å². The summed E-state index contributed by atoms with van der Waals surface area (Å²) in [5, 5.41) is 3.20. The fourth-order valence-corrected chi connectivity index (χ4v) is 3.81. The van der Waals surface area contributed by atoms with Gasteiger partial charge in [-0.1, -0.05) is 56.3 Å². The van der Waals surface area contributed by atoms with Gasteiger partial charge in [0.05, 0.1) is 25.5 Å². The Hall–Kier alpha value is -4.06. The maximum absolute atomic E-state index is 13.6. The highest BCUT2D eigenvalue weighted by atomic mass is 16.5. The van der Waals surface area contributed by atoms with Gasteiger partial charge < -0.3 is 14.8 Å². The number of rotatable bonds is 7.